The number of benzene rings is 3. The van der Waals surface area contributed by atoms with Crippen molar-refractivity contribution < 1.29 is 0 Å². The summed E-state index contributed by atoms with van der Waals surface area (Å²) in [6, 6.07) is 23.2. The lowest BCUT2D eigenvalue weighted by atomic mass is 10.1. The molecule has 0 spiro atoms. The highest BCUT2D eigenvalue weighted by atomic mass is 35.5. The van der Waals surface area contributed by atoms with Crippen LogP contribution in [-0.4, -0.2) is 9.66 Å². The molecule has 1 aliphatic heterocycles. The minimum Gasteiger partial charge on any atom is -0.293 e. The van der Waals surface area contributed by atoms with Gasteiger partial charge in [-0.2, -0.15) is 4.68 Å². The van der Waals surface area contributed by atoms with Crippen molar-refractivity contribution in [2.24, 2.45) is 0 Å². The van der Waals surface area contributed by atoms with Gasteiger partial charge in [-0.25, -0.2) is 4.98 Å². The van der Waals surface area contributed by atoms with Gasteiger partial charge in [-0.05, 0) is 48.9 Å². The van der Waals surface area contributed by atoms with E-state index in [2.05, 4.69) is 17.6 Å². The van der Waals surface area contributed by atoms with Crippen molar-refractivity contribution in [2.45, 2.75) is 13.1 Å². The third kappa shape index (κ3) is 2.63. The van der Waals surface area contributed by atoms with Crippen LogP contribution in [0.5, 0.6) is 0 Å². The highest BCUT2D eigenvalue weighted by Gasteiger charge is 2.34. The molecular weight excluding hydrogens is 372 g/mol. The van der Waals surface area contributed by atoms with E-state index in [0.29, 0.717) is 21.9 Å². The maximum atomic E-state index is 13.1. The maximum absolute atomic E-state index is 13.1. The van der Waals surface area contributed by atoms with Gasteiger partial charge in [0.05, 0.1) is 10.9 Å². The maximum Gasteiger partial charge on any atom is 0.281 e. The predicted octanol–water partition coefficient (Wildman–Crippen LogP) is 4.75. The van der Waals surface area contributed by atoms with Crippen LogP contribution >= 0.6 is 11.6 Å². The number of fused-ring (bicyclic) bond motifs is 2. The molecule has 2 heterocycles. The van der Waals surface area contributed by atoms with Crippen molar-refractivity contribution in [3.8, 4) is 0 Å². The molecule has 0 amide bonds. The van der Waals surface area contributed by atoms with Crippen LogP contribution in [0.25, 0.3) is 10.9 Å². The first kappa shape index (κ1) is 16.8. The lowest BCUT2D eigenvalue weighted by Gasteiger charge is -2.25. The first-order chi connectivity index (χ1) is 13.6. The summed E-state index contributed by atoms with van der Waals surface area (Å²) in [6.07, 6.45) is -0.281. The van der Waals surface area contributed by atoms with Gasteiger partial charge in [0.1, 0.15) is 6.17 Å². The van der Waals surface area contributed by atoms with Crippen molar-refractivity contribution in [1.29, 1.82) is 0 Å². The van der Waals surface area contributed by atoms with E-state index in [1.807, 2.05) is 66.4 Å². The van der Waals surface area contributed by atoms with Crippen LogP contribution in [0.1, 0.15) is 17.3 Å². The summed E-state index contributed by atoms with van der Waals surface area (Å²) >= 11 is 6.07. The zero-order valence-corrected chi connectivity index (χ0v) is 15.9. The fraction of sp³-hybridized carbons (Fsp3) is 0.0909. The van der Waals surface area contributed by atoms with Crippen LogP contribution in [0.3, 0.4) is 0 Å². The molecule has 3 aromatic carbocycles. The molecule has 6 heteroatoms. The lowest BCUT2D eigenvalue weighted by Crippen LogP contribution is -2.27. The summed E-state index contributed by atoms with van der Waals surface area (Å²) in [5.74, 6) is 0.563. The summed E-state index contributed by atoms with van der Waals surface area (Å²) in [5, 5.41) is 1.25. The highest BCUT2D eigenvalue weighted by Crippen LogP contribution is 2.37. The van der Waals surface area contributed by atoms with Crippen molar-refractivity contribution in [2.75, 3.05) is 10.3 Å². The Balaban J connectivity index is 1.74. The number of hydrogen-bond donors (Lipinski definition) is 1. The SMILES string of the molecule is Cc1ccc(N2c3nc4ccccc4c(=O)n3NC2c2ccc(Cl)cc2)cc1. The number of para-hydroxylation sites is 1. The first-order valence-electron chi connectivity index (χ1n) is 9.01. The Morgan fingerprint density at radius 1 is 0.964 bits per heavy atom. The van der Waals surface area contributed by atoms with E-state index in [-0.39, 0.29) is 11.7 Å². The number of halogens is 1. The number of aryl methyl sites for hydroxylation is 1. The largest absolute Gasteiger partial charge is 0.293 e. The minimum atomic E-state index is -0.281. The van der Waals surface area contributed by atoms with E-state index in [0.717, 1.165) is 11.3 Å². The predicted molar refractivity (Wildman–Crippen MR) is 113 cm³/mol. The normalized spacial score (nSPS) is 15.5. The van der Waals surface area contributed by atoms with Gasteiger partial charge in [0.15, 0.2) is 0 Å². The van der Waals surface area contributed by atoms with E-state index in [4.69, 9.17) is 16.6 Å². The zero-order valence-electron chi connectivity index (χ0n) is 15.1. The topological polar surface area (TPSA) is 50.2 Å². The average molecular weight is 389 g/mol. The first-order valence-corrected chi connectivity index (χ1v) is 9.39. The van der Waals surface area contributed by atoms with Crippen molar-refractivity contribution in [3.05, 3.63) is 99.3 Å². The minimum absolute atomic E-state index is 0.117. The molecule has 1 aliphatic rings. The van der Waals surface area contributed by atoms with Gasteiger partial charge in [0.2, 0.25) is 5.95 Å². The summed E-state index contributed by atoms with van der Waals surface area (Å²) in [4.78, 5) is 19.9. The van der Waals surface area contributed by atoms with Gasteiger partial charge in [-0.1, -0.05) is 53.6 Å². The van der Waals surface area contributed by atoms with Crippen LogP contribution < -0.4 is 15.9 Å². The molecule has 0 fully saturated rings. The Morgan fingerprint density at radius 2 is 1.68 bits per heavy atom. The van der Waals surface area contributed by atoms with E-state index in [1.165, 1.54) is 10.2 Å². The number of aromatic nitrogens is 2. The quantitative estimate of drug-likeness (QED) is 0.538. The van der Waals surface area contributed by atoms with Gasteiger partial charge < -0.3 is 0 Å². The molecule has 1 N–H and O–H groups in total. The van der Waals surface area contributed by atoms with Gasteiger partial charge in [0.25, 0.3) is 5.56 Å². The van der Waals surface area contributed by atoms with Gasteiger partial charge in [-0.15, -0.1) is 0 Å². The molecule has 28 heavy (non-hydrogen) atoms. The lowest BCUT2D eigenvalue weighted by molar-refractivity contribution is 0.767. The third-order valence-corrected chi connectivity index (χ3v) is 5.23. The number of hydrogen-bond acceptors (Lipinski definition) is 4. The molecule has 0 bridgehead atoms. The fourth-order valence-corrected chi connectivity index (χ4v) is 3.66. The van der Waals surface area contributed by atoms with Crippen molar-refractivity contribution in [3.63, 3.8) is 0 Å². The summed E-state index contributed by atoms with van der Waals surface area (Å²) in [6.45, 7) is 2.05. The molecule has 0 aliphatic carbocycles. The third-order valence-electron chi connectivity index (χ3n) is 4.98. The Bertz CT molecular complexity index is 1230. The standard InChI is InChI=1S/C22H17ClN4O/c1-14-6-12-17(13-7-14)26-20(15-8-10-16(23)11-9-15)25-27-21(28)18-4-2-3-5-19(18)24-22(26)27/h2-13,20,25H,1H3. The number of nitrogens with one attached hydrogen (secondary N) is 1. The smallest absolute Gasteiger partial charge is 0.281 e. The van der Waals surface area contributed by atoms with E-state index in [1.54, 1.807) is 6.07 Å². The Labute approximate surface area is 166 Å². The highest BCUT2D eigenvalue weighted by molar-refractivity contribution is 6.30. The van der Waals surface area contributed by atoms with Crippen LogP contribution in [0.2, 0.25) is 5.02 Å². The number of nitrogens with zero attached hydrogens (tertiary/aromatic N) is 3. The summed E-state index contributed by atoms with van der Waals surface area (Å²) < 4.78 is 1.53. The molecule has 1 unspecified atom stereocenters. The van der Waals surface area contributed by atoms with E-state index < -0.39 is 0 Å². The van der Waals surface area contributed by atoms with Crippen molar-refractivity contribution >= 4 is 34.1 Å². The second kappa shape index (κ2) is 6.39. The molecular formula is C22H17ClN4O. The van der Waals surface area contributed by atoms with Crippen LogP contribution in [0, 0.1) is 6.92 Å². The molecule has 1 aromatic heterocycles. The molecule has 5 nitrogen and oxygen atoms in total. The second-order valence-electron chi connectivity index (χ2n) is 6.86. The van der Waals surface area contributed by atoms with E-state index in [9.17, 15) is 4.79 Å². The molecule has 0 saturated carbocycles. The molecule has 5 rings (SSSR count). The molecule has 1 atom stereocenters. The second-order valence-corrected chi connectivity index (χ2v) is 7.29. The van der Waals surface area contributed by atoms with Crippen LogP contribution in [0.4, 0.5) is 11.6 Å². The zero-order chi connectivity index (χ0) is 19.3. The number of rotatable bonds is 2. The van der Waals surface area contributed by atoms with Crippen molar-refractivity contribution in [1.82, 2.24) is 9.66 Å². The summed E-state index contributed by atoms with van der Waals surface area (Å²) in [7, 11) is 0. The Kier molecular flexibility index (Phi) is 3.84. The van der Waals surface area contributed by atoms with Gasteiger partial charge in [-0.3, -0.25) is 15.1 Å². The fourth-order valence-electron chi connectivity index (χ4n) is 3.53. The van der Waals surface area contributed by atoms with E-state index >= 15 is 0 Å². The van der Waals surface area contributed by atoms with Crippen LogP contribution in [-0.2, 0) is 0 Å². The molecule has 138 valence electrons. The van der Waals surface area contributed by atoms with Crippen LogP contribution in [0.15, 0.2) is 77.6 Å². The Hall–Kier alpha value is -3.31. The molecule has 0 saturated heterocycles. The number of anilines is 2. The average Bonchev–Trinajstić information content (AvgIpc) is 3.09. The van der Waals surface area contributed by atoms with Gasteiger partial charge >= 0.3 is 0 Å². The monoisotopic (exact) mass is 388 g/mol. The molecule has 4 aromatic rings. The Morgan fingerprint density at radius 3 is 2.43 bits per heavy atom. The van der Waals surface area contributed by atoms with Gasteiger partial charge in [0, 0.05) is 10.7 Å². The summed E-state index contributed by atoms with van der Waals surface area (Å²) in [5.41, 5.74) is 6.98. The molecule has 0 radical (unpaired) electrons.